The molecule has 1 aromatic heterocycles. The highest BCUT2D eigenvalue weighted by molar-refractivity contribution is 6.07. The Labute approximate surface area is 97.1 Å². The number of ether oxygens (including phenoxy) is 1. The van der Waals surface area contributed by atoms with Crippen LogP contribution in [-0.4, -0.2) is 15.9 Å². The molecule has 2 N–H and O–H groups in total. The molecule has 0 atom stereocenters. The fourth-order valence-corrected chi connectivity index (χ4v) is 1.58. The summed E-state index contributed by atoms with van der Waals surface area (Å²) in [5.74, 6) is 1.15. The van der Waals surface area contributed by atoms with Gasteiger partial charge in [0.15, 0.2) is 11.5 Å². The first-order chi connectivity index (χ1) is 8.33. The molecule has 2 aromatic rings. The van der Waals surface area contributed by atoms with E-state index in [1.54, 1.807) is 30.6 Å². The molecule has 3 rings (SSSR count). The van der Waals surface area contributed by atoms with Crippen LogP contribution in [0.1, 0.15) is 5.82 Å². The second-order valence-electron chi connectivity index (χ2n) is 3.54. The number of H-pyrrole nitrogens is 1. The Bertz CT molecular complexity index is 588. The molecule has 0 spiro atoms. The van der Waals surface area contributed by atoms with Crippen LogP contribution in [0.5, 0.6) is 5.75 Å². The highest BCUT2D eigenvalue weighted by Gasteiger charge is 2.21. The lowest BCUT2D eigenvalue weighted by atomic mass is 10.2. The van der Waals surface area contributed by atoms with E-state index in [0.717, 1.165) is 0 Å². The molecule has 0 unspecified atom stereocenters. The van der Waals surface area contributed by atoms with E-state index in [4.69, 9.17) is 4.74 Å². The number of benzene rings is 1. The number of imidazole rings is 1. The van der Waals surface area contributed by atoms with Gasteiger partial charge in [-0.15, -0.1) is 0 Å². The Balaban J connectivity index is 1.97. The Kier molecular flexibility index (Phi) is 2.15. The van der Waals surface area contributed by atoms with Crippen LogP contribution in [-0.2, 0) is 4.79 Å². The summed E-state index contributed by atoms with van der Waals surface area (Å²) in [6.45, 7) is 0. The van der Waals surface area contributed by atoms with Crippen molar-refractivity contribution in [1.29, 1.82) is 0 Å². The highest BCUT2D eigenvalue weighted by Crippen LogP contribution is 2.30. The minimum atomic E-state index is -0.278. The molecule has 0 aliphatic carbocycles. The van der Waals surface area contributed by atoms with Crippen LogP contribution in [0.25, 0.3) is 6.08 Å². The third kappa shape index (κ3) is 1.78. The molecule has 0 radical (unpaired) electrons. The summed E-state index contributed by atoms with van der Waals surface area (Å²) in [6.07, 6.45) is 4.85. The van der Waals surface area contributed by atoms with E-state index in [2.05, 4.69) is 15.3 Å². The van der Waals surface area contributed by atoms with Crippen LogP contribution in [0.4, 0.5) is 5.69 Å². The predicted octanol–water partition coefficient (Wildman–Crippen LogP) is 1.78. The van der Waals surface area contributed by atoms with Gasteiger partial charge in [-0.1, -0.05) is 12.1 Å². The van der Waals surface area contributed by atoms with E-state index < -0.39 is 0 Å². The maximum atomic E-state index is 11.7. The standard InChI is InChI=1S/C12H9N3O2/c16-12-10(7-11-13-5-6-14-11)17-9-4-2-1-3-8(9)15-12/h1-7H,(H,13,14)(H,15,16)/b10-7+. The van der Waals surface area contributed by atoms with Crippen LogP contribution in [0.2, 0.25) is 0 Å². The van der Waals surface area contributed by atoms with Crippen molar-refractivity contribution in [3.05, 3.63) is 48.2 Å². The molecule has 1 aliphatic heterocycles. The third-order valence-electron chi connectivity index (χ3n) is 2.37. The molecule has 17 heavy (non-hydrogen) atoms. The first-order valence-electron chi connectivity index (χ1n) is 5.12. The van der Waals surface area contributed by atoms with Crippen LogP contribution in [0.3, 0.4) is 0 Å². The molecule has 5 heteroatoms. The van der Waals surface area contributed by atoms with Crippen LogP contribution in [0.15, 0.2) is 42.4 Å². The zero-order chi connectivity index (χ0) is 11.7. The van der Waals surface area contributed by atoms with Gasteiger partial charge in [-0.3, -0.25) is 4.79 Å². The molecule has 1 amide bonds. The van der Waals surface area contributed by atoms with Crippen molar-refractivity contribution in [2.24, 2.45) is 0 Å². The minimum Gasteiger partial charge on any atom is -0.449 e. The van der Waals surface area contributed by atoms with Crippen LogP contribution < -0.4 is 10.1 Å². The van der Waals surface area contributed by atoms with Gasteiger partial charge < -0.3 is 15.0 Å². The van der Waals surface area contributed by atoms with E-state index >= 15 is 0 Å². The lowest BCUT2D eigenvalue weighted by Gasteiger charge is -2.19. The zero-order valence-corrected chi connectivity index (χ0v) is 8.81. The molecule has 1 aromatic carbocycles. The summed E-state index contributed by atoms with van der Waals surface area (Å²) in [7, 11) is 0. The average molecular weight is 227 g/mol. The summed E-state index contributed by atoms with van der Waals surface area (Å²) in [5.41, 5.74) is 0.675. The number of nitrogens with zero attached hydrogens (tertiary/aromatic N) is 1. The van der Waals surface area contributed by atoms with Crippen molar-refractivity contribution in [2.75, 3.05) is 5.32 Å². The van der Waals surface area contributed by atoms with Gasteiger partial charge in [0.1, 0.15) is 5.82 Å². The van der Waals surface area contributed by atoms with Crippen molar-refractivity contribution >= 4 is 17.7 Å². The Morgan fingerprint density at radius 1 is 1.29 bits per heavy atom. The topological polar surface area (TPSA) is 67.0 Å². The van der Waals surface area contributed by atoms with Gasteiger partial charge in [0.25, 0.3) is 5.91 Å². The number of carbonyl (C=O) groups excluding carboxylic acids is 1. The molecular formula is C12H9N3O2. The van der Waals surface area contributed by atoms with Crippen molar-refractivity contribution in [2.45, 2.75) is 0 Å². The maximum Gasteiger partial charge on any atom is 0.291 e. The number of aromatic nitrogens is 2. The highest BCUT2D eigenvalue weighted by atomic mass is 16.5. The molecule has 84 valence electrons. The number of anilines is 1. The number of hydrogen-bond donors (Lipinski definition) is 2. The van der Waals surface area contributed by atoms with Crippen LogP contribution in [0, 0.1) is 0 Å². The number of para-hydroxylation sites is 2. The van der Waals surface area contributed by atoms with Crippen molar-refractivity contribution in [1.82, 2.24) is 9.97 Å². The maximum absolute atomic E-state index is 11.7. The molecule has 0 saturated carbocycles. The van der Waals surface area contributed by atoms with Gasteiger partial charge >= 0.3 is 0 Å². The van der Waals surface area contributed by atoms with E-state index in [9.17, 15) is 4.79 Å². The fraction of sp³-hybridized carbons (Fsp3) is 0. The number of amides is 1. The molecule has 0 saturated heterocycles. The molecule has 5 nitrogen and oxygen atoms in total. The zero-order valence-electron chi connectivity index (χ0n) is 8.81. The van der Waals surface area contributed by atoms with E-state index in [1.165, 1.54) is 0 Å². The van der Waals surface area contributed by atoms with Gasteiger partial charge in [-0.2, -0.15) is 0 Å². The van der Waals surface area contributed by atoms with Crippen molar-refractivity contribution < 1.29 is 9.53 Å². The summed E-state index contributed by atoms with van der Waals surface area (Å²) < 4.78 is 5.51. The number of nitrogens with one attached hydrogen (secondary N) is 2. The van der Waals surface area contributed by atoms with Gasteiger partial charge in [0.05, 0.1) is 5.69 Å². The Morgan fingerprint density at radius 2 is 2.18 bits per heavy atom. The number of aromatic amines is 1. The quantitative estimate of drug-likeness (QED) is 0.730. The number of carbonyl (C=O) groups is 1. The second kappa shape index (κ2) is 3.79. The Morgan fingerprint density at radius 3 is 3.00 bits per heavy atom. The first kappa shape index (κ1) is 9.65. The number of rotatable bonds is 1. The lowest BCUT2D eigenvalue weighted by Crippen LogP contribution is -2.23. The second-order valence-corrected chi connectivity index (χ2v) is 3.54. The summed E-state index contributed by atoms with van der Waals surface area (Å²) in [4.78, 5) is 18.6. The summed E-state index contributed by atoms with van der Waals surface area (Å²) in [6, 6.07) is 7.27. The normalized spacial score (nSPS) is 16.2. The minimum absolute atomic E-state index is 0.221. The van der Waals surface area contributed by atoms with E-state index in [1.807, 2.05) is 12.1 Å². The van der Waals surface area contributed by atoms with Gasteiger partial charge in [-0.05, 0) is 12.1 Å². The van der Waals surface area contributed by atoms with E-state index in [-0.39, 0.29) is 11.7 Å². The fourth-order valence-electron chi connectivity index (χ4n) is 1.58. The van der Waals surface area contributed by atoms with Crippen molar-refractivity contribution in [3.63, 3.8) is 0 Å². The van der Waals surface area contributed by atoms with Crippen LogP contribution >= 0.6 is 0 Å². The average Bonchev–Trinajstić information content (AvgIpc) is 2.83. The molecular weight excluding hydrogens is 218 g/mol. The first-order valence-corrected chi connectivity index (χ1v) is 5.12. The SMILES string of the molecule is O=C1Nc2ccccc2O/C1=C/c1ncc[nH]1. The lowest BCUT2D eigenvalue weighted by molar-refractivity contribution is -0.115. The monoisotopic (exact) mass is 227 g/mol. The van der Waals surface area contributed by atoms with Gasteiger partial charge in [-0.25, -0.2) is 4.98 Å². The smallest absolute Gasteiger partial charge is 0.291 e. The molecule has 2 heterocycles. The predicted molar refractivity (Wildman–Crippen MR) is 62.3 cm³/mol. The molecule has 0 fully saturated rings. The summed E-state index contributed by atoms with van der Waals surface area (Å²) in [5, 5.41) is 2.75. The summed E-state index contributed by atoms with van der Waals surface area (Å²) >= 11 is 0. The largest absolute Gasteiger partial charge is 0.449 e. The number of hydrogen-bond acceptors (Lipinski definition) is 3. The molecule has 1 aliphatic rings. The Hall–Kier alpha value is -2.56. The van der Waals surface area contributed by atoms with Gasteiger partial charge in [0, 0.05) is 18.5 Å². The van der Waals surface area contributed by atoms with Gasteiger partial charge in [0.2, 0.25) is 0 Å². The number of fused-ring (bicyclic) bond motifs is 1. The van der Waals surface area contributed by atoms with E-state index in [0.29, 0.717) is 17.3 Å². The molecule has 0 bridgehead atoms. The van der Waals surface area contributed by atoms with Crippen molar-refractivity contribution in [3.8, 4) is 5.75 Å². The third-order valence-corrected chi connectivity index (χ3v) is 2.37.